The second kappa shape index (κ2) is 7.27. The van der Waals surface area contributed by atoms with Gasteiger partial charge in [0, 0.05) is 18.9 Å². The highest BCUT2D eigenvalue weighted by molar-refractivity contribution is 5.76. The number of carboxylic acid groups (broad SMARTS) is 1. The third-order valence-corrected chi connectivity index (χ3v) is 3.06. The van der Waals surface area contributed by atoms with Crippen LogP contribution in [-0.4, -0.2) is 34.2 Å². The molecule has 5 heteroatoms. The first-order chi connectivity index (χ1) is 8.08. The molecule has 0 aromatic heterocycles. The van der Waals surface area contributed by atoms with Crippen molar-refractivity contribution in [1.29, 1.82) is 0 Å². The van der Waals surface area contributed by atoms with E-state index in [0.717, 1.165) is 19.3 Å². The average molecular weight is 243 g/mol. The zero-order valence-electron chi connectivity index (χ0n) is 10.0. The largest absolute Gasteiger partial charge is 0.481 e. The third kappa shape index (κ3) is 6.26. The molecule has 0 aromatic carbocycles. The quantitative estimate of drug-likeness (QED) is 0.609. The molecule has 5 nitrogen and oxygen atoms in total. The summed E-state index contributed by atoms with van der Waals surface area (Å²) < 4.78 is 0. The molecule has 3 N–H and O–H groups in total. The molecule has 1 saturated carbocycles. The minimum absolute atomic E-state index is 0.0329. The fourth-order valence-corrected chi connectivity index (χ4v) is 2.16. The van der Waals surface area contributed by atoms with Crippen molar-refractivity contribution in [3.05, 3.63) is 0 Å². The molecule has 0 saturated heterocycles. The fourth-order valence-electron chi connectivity index (χ4n) is 2.16. The smallest absolute Gasteiger partial charge is 0.303 e. The molecule has 0 spiro atoms. The molecule has 0 radical (unpaired) electrons. The minimum atomic E-state index is -0.819. The number of aliphatic hydroxyl groups excluding tert-OH is 1. The van der Waals surface area contributed by atoms with Gasteiger partial charge in [0.25, 0.3) is 0 Å². The van der Waals surface area contributed by atoms with Gasteiger partial charge < -0.3 is 15.5 Å². The van der Waals surface area contributed by atoms with Crippen LogP contribution in [0.3, 0.4) is 0 Å². The highest BCUT2D eigenvalue weighted by Gasteiger charge is 2.21. The van der Waals surface area contributed by atoms with E-state index in [0.29, 0.717) is 25.7 Å². The van der Waals surface area contributed by atoms with Gasteiger partial charge in [0.1, 0.15) is 0 Å². The lowest BCUT2D eigenvalue weighted by atomic mass is 9.93. The number of rotatable bonds is 6. The van der Waals surface area contributed by atoms with Gasteiger partial charge in [-0.2, -0.15) is 0 Å². The van der Waals surface area contributed by atoms with Gasteiger partial charge >= 0.3 is 5.97 Å². The predicted molar refractivity (Wildman–Crippen MR) is 62.5 cm³/mol. The maximum absolute atomic E-state index is 11.5. The summed E-state index contributed by atoms with van der Waals surface area (Å²) in [6.45, 7) is 0. The van der Waals surface area contributed by atoms with Crippen LogP contribution >= 0.6 is 0 Å². The van der Waals surface area contributed by atoms with Crippen LogP contribution in [0.15, 0.2) is 0 Å². The van der Waals surface area contributed by atoms with Gasteiger partial charge in [0.05, 0.1) is 6.10 Å². The molecule has 0 heterocycles. The molecular formula is C12H21NO4. The van der Waals surface area contributed by atoms with Crippen molar-refractivity contribution in [2.75, 3.05) is 0 Å². The summed E-state index contributed by atoms with van der Waals surface area (Å²) in [5.41, 5.74) is 0. The first-order valence-corrected chi connectivity index (χ1v) is 6.27. The van der Waals surface area contributed by atoms with Crippen molar-refractivity contribution in [2.45, 2.75) is 63.5 Å². The first kappa shape index (κ1) is 14.0. The summed E-state index contributed by atoms with van der Waals surface area (Å²) in [4.78, 5) is 21.8. The Hall–Kier alpha value is -1.10. The monoisotopic (exact) mass is 243 g/mol. The lowest BCUT2D eigenvalue weighted by Crippen LogP contribution is -2.39. The van der Waals surface area contributed by atoms with Gasteiger partial charge in [0.15, 0.2) is 0 Å². The van der Waals surface area contributed by atoms with E-state index >= 15 is 0 Å². The summed E-state index contributed by atoms with van der Waals surface area (Å²) >= 11 is 0. The van der Waals surface area contributed by atoms with Crippen molar-refractivity contribution in [1.82, 2.24) is 5.32 Å². The molecule has 98 valence electrons. The summed E-state index contributed by atoms with van der Waals surface area (Å²) in [6, 6.07) is 0.0886. The van der Waals surface area contributed by atoms with Gasteiger partial charge in [-0.15, -0.1) is 0 Å². The Bertz CT molecular complexity index is 267. The van der Waals surface area contributed by atoms with Crippen molar-refractivity contribution >= 4 is 11.9 Å². The van der Waals surface area contributed by atoms with Crippen LogP contribution in [0.2, 0.25) is 0 Å². The number of hydrogen-bond acceptors (Lipinski definition) is 3. The first-order valence-electron chi connectivity index (χ1n) is 6.27. The molecular weight excluding hydrogens is 222 g/mol. The van der Waals surface area contributed by atoms with E-state index in [2.05, 4.69) is 5.32 Å². The second-order valence-corrected chi connectivity index (χ2v) is 4.69. The van der Waals surface area contributed by atoms with E-state index in [1.165, 1.54) is 0 Å². The number of unbranched alkanes of at least 4 members (excludes halogenated alkanes) is 1. The average Bonchev–Trinajstić information content (AvgIpc) is 2.24. The van der Waals surface area contributed by atoms with E-state index in [1.807, 2.05) is 0 Å². The molecule has 0 bridgehead atoms. The Balaban J connectivity index is 2.09. The molecule has 2 atom stereocenters. The van der Waals surface area contributed by atoms with Crippen LogP contribution in [0.25, 0.3) is 0 Å². The molecule has 2 unspecified atom stereocenters. The Kier molecular flexibility index (Phi) is 5.97. The highest BCUT2D eigenvalue weighted by Crippen LogP contribution is 2.18. The number of aliphatic carboxylic acids is 1. The Morgan fingerprint density at radius 3 is 2.53 bits per heavy atom. The fraction of sp³-hybridized carbons (Fsp3) is 0.833. The van der Waals surface area contributed by atoms with Crippen LogP contribution in [-0.2, 0) is 9.59 Å². The lowest BCUT2D eigenvalue weighted by molar-refractivity contribution is -0.137. The molecule has 0 aliphatic heterocycles. The summed E-state index contributed by atoms with van der Waals surface area (Å²) in [5, 5.41) is 20.8. The Morgan fingerprint density at radius 2 is 1.88 bits per heavy atom. The van der Waals surface area contributed by atoms with Gasteiger partial charge in [-0.3, -0.25) is 9.59 Å². The molecule has 1 amide bonds. The SMILES string of the molecule is O=C(O)CCCCC(=O)NC1CCCC(O)C1. The lowest BCUT2D eigenvalue weighted by Gasteiger charge is -2.26. The van der Waals surface area contributed by atoms with E-state index in [1.54, 1.807) is 0 Å². The van der Waals surface area contributed by atoms with Crippen LogP contribution < -0.4 is 5.32 Å². The molecule has 1 rings (SSSR count). The third-order valence-electron chi connectivity index (χ3n) is 3.06. The Morgan fingerprint density at radius 1 is 1.18 bits per heavy atom. The van der Waals surface area contributed by atoms with Gasteiger partial charge in [-0.05, 0) is 38.5 Å². The molecule has 1 fully saturated rings. The van der Waals surface area contributed by atoms with Crippen LogP contribution in [0.1, 0.15) is 51.4 Å². The van der Waals surface area contributed by atoms with Gasteiger partial charge in [0.2, 0.25) is 5.91 Å². The molecule has 1 aliphatic rings. The number of hydrogen-bond donors (Lipinski definition) is 3. The number of aliphatic hydroxyl groups is 1. The standard InChI is InChI=1S/C12H21NO4/c14-10-5-3-4-9(8-10)13-11(15)6-1-2-7-12(16)17/h9-10,14H,1-8H2,(H,13,15)(H,16,17). The van der Waals surface area contributed by atoms with Crippen LogP contribution in [0.4, 0.5) is 0 Å². The number of amides is 1. The normalized spacial score (nSPS) is 24.3. The zero-order chi connectivity index (χ0) is 12.7. The van der Waals surface area contributed by atoms with Crippen molar-refractivity contribution < 1.29 is 19.8 Å². The number of carboxylic acids is 1. The second-order valence-electron chi connectivity index (χ2n) is 4.69. The summed E-state index contributed by atoms with van der Waals surface area (Å²) in [7, 11) is 0. The van der Waals surface area contributed by atoms with Crippen molar-refractivity contribution in [3.8, 4) is 0 Å². The van der Waals surface area contributed by atoms with Crippen molar-refractivity contribution in [3.63, 3.8) is 0 Å². The van der Waals surface area contributed by atoms with Crippen LogP contribution in [0, 0.1) is 0 Å². The highest BCUT2D eigenvalue weighted by atomic mass is 16.4. The zero-order valence-corrected chi connectivity index (χ0v) is 10.0. The van der Waals surface area contributed by atoms with E-state index < -0.39 is 5.97 Å². The van der Waals surface area contributed by atoms with E-state index in [4.69, 9.17) is 5.11 Å². The van der Waals surface area contributed by atoms with Crippen LogP contribution in [0.5, 0.6) is 0 Å². The molecule has 0 aromatic rings. The summed E-state index contributed by atoms with van der Waals surface area (Å²) in [5.74, 6) is -0.852. The summed E-state index contributed by atoms with van der Waals surface area (Å²) in [6.07, 6.45) is 4.69. The van der Waals surface area contributed by atoms with E-state index in [-0.39, 0.29) is 24.5 Å². The van der Waals surface area contributed by atoms with Gasteiger partial charge in [-0.25, -0.2) is 0 Å². The topological polar surface area (TPSA) is 86.6 Å². The van der Waals surface area contributed by atoms with Crippen molar-refractivity contribution in [2.24, 2.45) is 0 Å². The van der Waals surface area contributed by atoms with E-state index in [9.17, 15) is 14.7 Å². The number of nitrogens with one attached hydrogen (secondary N) is 1. The minimum Gasteiger partial charge on any atom is -0.481 e. The molecule has 1 aliphatic carbocycles. The number of carbonyl (C=O) groups is 2. The molecule has 17 heavy (non-hydrogen) atoms. The van der Waals surface area contributed by atoms with Gasteiger partial charge in [-0.1, -0.05) is 0 Å². The maximum Gasteiger partial charge on any atom is 0.303 e. The predicted octanol–water partition coefficient (Wildman–Crippen LogP) is 1.05. The number of carbonyl (C=O) groups excluding carboxylic acids is 1. The Labute approximate surface area is 101 Å². The maximum atomic E-state index is 11.5.